The van der Waals surface area contributed by atoms with Gasteiger partial charge in [0.25, 0.3) is 0 Å². The van der Waals surface area contributed by atoms with Crippen molar-refractivity contribution in [1.29, 1.82) is 0 Å². The molecule has 3 N–H and O–H groups in total. The fraction of sp³-hybridized carbons (Fsp3) is 0.875. The Morgan fingerprint density at radius 3 is 2.10 bits per heavy atom. The van der Waals surface area contributed by atoms with Crippen molar-refractivity contribution in [1.82, 2.24) is 10.6 Å². The average Bonchev–Trinajstić information content (AvgIpc) is 2.39. The van der Waals surface area contributed by atoms with Gasteiger partial charge in [-0.1, -0.05) is 6.92 Å². The molecule has 0 aromatic rings. The fourth-order valence-electron chi connectivity index (χ4n) is 2.47. The smallest absolute Gasteiger partial charge is 0.310 e. The first kappa shape index (κ1) is 18.0. The minimum atomic E-state index is -0.951. The number of hydrogen-bond acceptors (Lipinski definition) is 3. The minimum Gasteiger partial charge on any atom is -0.481 e. The van der Waals surface area contributed by atoms with E-state index >= 15 is 0 Å². The Bertz CT molecular complexity index is 383. The molecule has 122 valence electrons. The summed E-state index contributed by atoms with van der Waals surface area (Å²) >= 11 is 0. The Morgan fingerprint density at radius 2 is 1.62 bits per heavy atom. The zero-order chi connectivity index (χ0) is 16.3. The molecule has 0 aromatic carbocycles. The molecule has 1 fully saturated rings. The summed E-state index contributed by atoms with van der Waals surface area (Å²) < 4.78 is 0. The summed E-state index contributed by atoms with van der Waals surface area (Å²) in [4.78, 5) is 23.3. The fourth-order valence-corrected chi connectivity index (χ4v) is 2.47. The topological polar surface area (TPSA) is 78.4 Å². The summed E-state index contributed by atoms with van der Waals surface area (Å²) in [7, 11) is 0. The van der Waals surface area contributed by atoms with Crippen molar-refractivity contribution in [3.8, 4) is 0 Å². The van der Waals surface area contributed by atoms with Gasteiger partial charge in [-0.25, -0.2) is 0 Å². The zero-order valence-electron chi connectivity index (χ0n) is 14.0. The lowest BCUT2D eigenvalue weighted by Gasteiger charge is -2.39. The molecular formula is C16H30N2O3. The van der Waals surface area contributed by atoms with E-state index in [1.54, 1.807) is 13.8 Å². The lowest BCUT2D eigenvalue weighted by Crippen LogP contribution is -2.57. The van der Waals surface area contributed by atoms with Gasteiger partial charge in [0.2, 0.25) is 5.91 Å². The normalized spacial score (nSPS) is 23.7. The van der Waals surface area contributed by atoms with E-state index in [-0.39, 0.29) is 18.5 Å². The third-order valence-corrected chi connectivity index (χ3v) is 5.17. The molecule has 1 rings (SSSR count). The molecule has 0 atom stereocenters. The maximum atomic E-state index is 12.0. The van der Waals surface area contributed by atoms with Crippen molar-refractivity contribution >= 4 is 11.9 Å². The van der Waals surface area contributed by atoms with Crippen LogP contribution in [0.4, 0.5) is 0 Å². The first-order valence-electron chi connectivity index (χ1n) is 7.84. The van der Waals surface area contributed by atoms with E-state index in [0.29, 0.717) is 0 Å². The van der Waals surface area contributed by atoms with E-state index in [1.807, 2.05) is 13.8 Å². The molecule has 0 radical (unpaired) electrons. The average molecular weight is 298 g/mol. The Labute approximate surface area is 127 Å². The Kier molecular flexibility index (Phi) is 5.79. The number of carboxylic acid groups (broad SMARTS) is 1. The number of aliphatic carboxylic acids is 1. The lowest BCUT2D eigenvalue weighted by molar-refractivity contribution is -0.151. The standard InChI is InChI=1S/C16H30N2O3/c1-11-6-8-12(9-7-11)18-13(19)10-17-16(4,5)15(2,3)14(20)21/h11-12,17H,6-10H2,1-5H3,(H,18,19)(H,20,21). The number of amides is 1. The summed E-state index contributed by atoms with van der Waals surface area (Å²) in [5, 5.41) is 15.4. The number of nitrogens with one attached hydrogen (secondary N) is 2. The van der Waals surface area contributed by atoms with Crippen molar-refractivity contribution < 1.29 is 14.7 Å². The van der Waals surface area contributed by atoms with Crippen molar-refractivity contribution in [2.75, 3.05) is 6.54 Å². The highest BCUT2D eigenvalue weighted by Crippen LogP contribution is 2.30. The molecular weight excluding hydrogens is 268 g/mol. The highest BCUT2D eigenvalue weighted by Gasteiger charge is 2.43. The molecule has 0 aromatic heterocycles. The van der Waals surface area contributed by atoms with E-state index in [1.165, 1.54) is 0 Å². The third-order valence-electron chi connectivity index (χ3n) is 5.17. The van der Waals surface area contributed by atoms with Crippen LogP contribution in [0.25, 0.3) is 0 Å². The number of hydrogen-bond donors (Lipinski definition) is 3. The molecule has 1 aliphatic carbocycles. The molecule has 0 aliphatic heterocycles. The second-order valence-electron chi connectivity index (χ2n) is 7.43. The monoisotopic (exact) mass is 298 g/mol. The van der Waals surface area contributed by atoms with Gasteiger partial charge >= 0.3 is 5.97 Å². The highest BCUT2D eigenvalue weighted by molar-refractivity contribution is 5.79. The van der Waals surface area contributed by atoms with Crippen LogP contribution in [0, 0.1) is 11.3 Å². The van der Waals surface area contributed by atoms with Gasteiger partial charge in [-0.2, -0.15) is 0 Å². The summed E-state index contributed by atoms with van der Waals surface area (Å²) in [5.74, 6) is -0.169. The van der Waals surface area contributed by atoms with Crippen LogP contribution in [0.5, 0.6) is 0 Å². The largest absolute Gasteiger partial charge is 0.481 e. The van der Waals surface area contributed by atoms with E-state index in [2.05, 4.69) is 17.6 Å². The first-order chi connectivity index (χ1) is 9.56. The molecule has 1 amide bonds. The minimum absolute atomic E-state index is 0.0520. The molecule has 21 heavy (non-hydrogen) atoms. The Hall–Kier alpha value is -1.10. The van der Waals surface area contributed by atoms with Gasteiger partial charge in [0, 0.05) is 11.6 Å². The van der Waals surface area contributed by atoms with Crippen LogP contribution in [0.2, 0.25) is 0 Å². The number of carboxylic acids is 1. The number of carbonyl (C=O) groups excluding carboxylic acids is 1. The van der Waals surface area contributed by atoms with E-state index in [4.69, 9.17) is 0 Å². The molecule has 0 saturated heterocycles. The van der Waals surface area contributed by atoms with Gasteiger partial charge in [-0.3, -0.25) is 9.59 Å². The van der Waals surface area contributed by atoms with Crippen LogP contribution in [-0.4, -0.2) is 35.1 Å². The van der Waals surface area contributed by atoms with Crippen molar-refractivity contribution in [2.45, 2.75) is 71.9 Å². The van der Waals surface area contributed by atoms with Gasteiger partial charge in [0.05, 0.1) is 12.0 Å². The van der Waals surface area contributed by atoms with Crippen molar-refractivity contribution in [3.05, 3.63) is 0 Å². The quantitative estimate of drug-likeness (QED) is 0.702. The number of rotatable bonds is 6. The summed E-state index contributed by atoms with van der Waals surface area (Å²) in [5.41, 5.74) is -1.62. The molecule has 0 heterocycles. The van der Waals surface area contributed by atoms with Gasteiger partial charge in [-0.05, 0) is 59.3 Å². The summed E-state index contributed by atoms with van der Waals surface area (Å²) in [6.45, 7) is 9.37. The van der Waals surface area contributed by atoms with Crippen LogP contribution >= 0.6 is 0 Å². The molecule has 5 heteroatoms. The molecule has 1 aliphatic rings. The van der Waals surface area contributed by atoms with Gasteiger partial charge in [0.1, 0.15) is 0 Å². The van der Waals surface area contributed by atoms with E-state index < -0.39 is 16.9 Å². The molecule has 5 nitrogen and oxygen atoms in total. The number of carbonyl (C=O) groups is 2. The van der Waals surface area contributed by atoms with Crippen molar-refractivity contribution in [3.63, 3.8) is 0 Å². The van der Waals surface area contributed by atoms with Crippen molar-refractivity contribution in [2.24, 2.45) is 11.3 Å². The van der Waals surface area contributed by atoms with Crippen LogP contribution < -0.4 is 10.6 Å². The lowest BCUT2D eigenvalue weighted by atomic mass is 9.74. The SMILES string of the molecule is CC1CCC(NC(=O)CNC(C)(C)C(C)(C)C(=O)O)CC1. The second-order valence-corrected chi connectivity index (χ2v) is 7.43. The molecule has 0 unspecified atom stereocenters. The van der Waals surface area contributed by atoms with Crippen LogP contribution in [-0.2, 0) is 9.59 Å². The highest BCUT2D eigenvalue weighted by atomic mass is 16.4. The van der Waals surface area contributed by atoms with Crippen LogP contribution in [0.15, 0.2) is 0 Å². The first-order valence-corrected chi connectivity index (χ1v) is 7.84. The van der Waals surface area contributed by atoms with Gasteiger partial charge in [0.15, 0.2) is 0 Å². The maximum Gasteiger partial charge on any atom is 0.310 e. The van der Waals surface area contributed by atoms with Crippen LogP contribution in [0.1, 0.15) is 60.3 Å². The predicted octanol–water partition coefficient (Wildman–Crippen LogP) is 2.16. The van der Waals surface area contributed by atoms with Gasteiger partial charge in [-0.15, -0.1) is 0 Å². The zero-order valence-corrected chi connectivity index (χ0v) is 14.0. The van der Waals surface area contributed by atoms with E-state index in [0.717, 1.165) is 31.6 Å². The third kappa shape index (κ3) is 4.70. The second kappa shape index (κ2) is 6.77. The van der Waals surface area contributed by atoms with Gasteiger partial charge < -0.3 is 15.7 Å². The van der Waals surface area contributed by atoms with Crippen LogP contribution in [0.3, 0.4) is 0 Å². The maximum absolute atomic E-state index is 12.0. The molecule has 1 saturated carbocycles. The Balaban J connectivity index is 2.43. The summed E-state index contributed by atoms with van der Waals surface area (Å²) in [6, 6.07) is 0.270. The molecule has 0 spiro atoms. The molecule has 0 bridgehead atoms. The predicted molar refractivity (Wildman–Crippen MR) is 83.1 cm³/mol. The van der Waals surface area contributed by atoms with E-state index in [9.17, 15) is 14.7 Å². The Morgan fingerprint density at radius 1 is 1.10 bits per heavy atom. The summed E-state index contributed by atoms with van der Waals surface area (Å²) in [6.07, 6.45) is 4.40.